The lowest BCUT2D eigenvalue weighted by Gasteiger charge is -2.12. The second kappa shape index (κ2) is 8.67. The number of amides is 1. The Hall–Kier alpha value is -1.56. The fraction of sp³-hybridized carbons (Fsp3) is 0.533. The first kappa shape index (κ1) is 17.5. The predicted octanol–water partition coefficient (Wildman–Crippen LogP) is 2.65. The van der Waals surface area contributed by atoms with Crippen molar-refractivity contribution in [2.75, 3.05) is 5.75 Å². The van der Waals surface area contributed by atoms with Gasteiger partial charge in [0, 0.05) is 12.2 Å². The number of hydrogen-bond acceptors (Lipinski definition) is 5. The number of hydrogen-bond donors (Lipinski definition) is 1. The van der Waals surface area contributed by atoms with Gasteiger partial charge in [0.05, 0.1) is 17.4 Å². The third-order valence-corrected chi connectivity index (χ3v) is 3.70. The summed E-state index contributed by atoms with van der Waals surface area (Å²) >= 11 is 1.24. The van der Waals surface area contributed by atoms with Gasteiger partial charge in [0.25, 0.3) is 0 Å². The van der Waals surface area contributed by atoms with Crippen LogP contribution >= 0.6 is 11.8 Å². The van der Waals surface area contributed by atoms with Crippen LogP contribution in [-0.2, 0) is 9.53 Å². The fourth-order valence-electron chi connectivity index (χ4n) is 1.49. The van der Waals surface area contributed by atoms with Crippen molar-refractivity contribution in [1.29, 1.82) is 0 Å². The average Bonchev–Trinajstić information content (AvgIpc) is 2.44. The summed E-state index contributed by atoms with van der Waals surface area (Å²) in [6.45, 7) is 7.55. The molecule has 5 nitrogen and oxygen atoms in total. The van der Waals surface area contributed by atoms with Gasteiger partial charge >= 0.3 is 5.97 Å². The first-order valence-electron chi connectivity index (χ1n) is 7.02. The van der Waals surface area contributed by atoms with Crippen LogP contribution < -0.4 is 5.32 Å². The van der Waals surface area contributed by atoms with E-state index in [1.165, 1.54) is 11.8 Å². The van der Waals surface area contributed by atoms with Crippen LogP contribution in [0.1, 0.15) is 44.5 Å². The number of aromatic nitrogens is 1. The maximum atomic E-state index is 12.0. The Morgan fingerprint density at radius 2 is 2.10 bits per heavy atom. The standard InChI is InChI=1S/C15H22N2O3S/c1-5-11(4)17-13(18)9-21-14-12(7-6-8-16-14)15(19)20-10(2)3/h6-8,10-11H,5,9H2,1-4H3,(H,17,18). The summed E-state index contributed by atoms with van der Waals surface area (Å²) in [6, 6.07) is 3.49. The highest BCUT2D eigenvalue weighted by molar-refractivity contribution is 8.00. The lowest BCUT2D eigenvalue weighted by atomic mass is 10.3. The molecule has 0 saturated carbocycles. The molecule has 1 unspecified atom stereocenters. The van der Waals surface area contributed by atoms with Gasteiger partial charge in [-0.25, -0.2) is 9.78 Å². The predicted molar refractivity (Wildman–Crippen MR) is 83.4 cm³/mol. The molecule has 0 saturated heterocycles. The van der Waals surface area contributed by atoms with Crippen LogP contribution in [0.15, 0.2) is 23.4 Å². The van der Waals surface area contributed by atoms with E-state index in [0.717, 1.165) is 6.42 Å². The molecule has 0 aliphatic rings. The van der Waals surface area contributed by atoms with Gasteiger partial charge in [-0.05, 0) is 39.3 Å². The SMILES string of the molecule is CCC(C)NC(=O)CSc1ncccc1C(=O)OC(C)C. The maximum absolute atomic E-state index is 12.0. The fourth-order valence-corrected chi connectivity index (χ4v) is 2.28. The number of carbonyl (C=O) groups excluding carboxylic acids is 2. The van der Waals surface area contributed by atoms with Crippen molar-refractivity contribution in [2.24, 2.45) is 0 Å². The molecule has 1 aromatic rings. The maximum Gasteiger partial charge on any atom is 0.341 e. The van der Waals surface area contributed by atoms with E-state index in [-0.39, 0.29) is 23.8 Å². The zero-order chi connectivity index (χ0) is 15.8. The summed E-state index contributed by atoms with van der Waals surface area (Å²) in [6.07, 6.45) is 2.29. The number of thioether (sulfide) groups is 1. The lowest BCUT2D eigenvalue weighted by Crippen LogP contribution is -2.33. The van der Waals surface area contributed by atoms with Crippen LogP contribution in [0.3, 0.4) is 0 Å². The zero-order valence-electron chi connectivity index (χ0n) is 12.9. The largest absolute Gasteiger partial charge is 0.459 e. The number of esters is 1. The van der Waals surface area contributed by atoms with Crippen LogP contribution in [0, 0.1) is 0 Å². The molecule has 6 heteroatoms. The monoisotopic (exact) mass is 310 g/mol. The molecule has 1 N–H and O–H groups in total. The quantitative estimate of drug-likeness (QED) is 0.619. The van der Waals surface area contributed by atoms with E-state index in [1.54, 1.807) is 32.2 Å². The third kappa shape index (κ3) is 6.16. The van der Waals surface area contributed by atoms with E-state index in [9.17, 15) is 9.59 Å². The molecular weight excluding hydrogens is 288 g/mol. The van der Waals surface area contributed by atoms with Gasteiger partial charge in [0.1, 0.15) is 5.03 Å². The Balaban J connectivity index is 2.67. The Kier molecular flexibility index (Phi) is 7.22. The summed E-state index contributed by atoms with van der Waals surface area (Å²) in [5.74, 6) is -0.255. The van der Waals surface area contributed by atoms with E-state index in [1.807, 2.05) is 13.8 Å². The third-order valence-electron chi connectivity index (χ3n) is 2.69. The zero-order valence-corrected chi connectivity index (χ0v) is 13.7. The van der Waals surface area contributed by atoms with Gasteiger partial charge in [-0.1, -0.05) is 18.7 Å². The Morgan fingerprint density at radius 1 is 1.38 bits per heavy atom. The van der Waals surface area contributed by atoms with Crippen LogP contribution in [0.4, 0.5) is 0 Å². The molecule has 1 rings (SSSR count). The Labute approximate surface area is 129 Å². The van der Waals surface area contributed by atoms with Gasteiger partial charge in [-0.15, -0.1) is 0 Å². The molecule has 1 atom stereocenters. The highest BCUT2D eigenvalue weighted by atomic mass is 32.2. The molecule has 116 valence electrons. The molecule has 1 heterocycles. The molecule has 0 aromatic carbocycles. The molecular formula is C15H22N2O3S. The topological polar surface area (TPSA) is 68.3 Å². The second-order valence-electron chi connectivity index (χ2n) is 4.98. The smallest absolute Gasteiger partial charge is 0.341 e. The molecule has 0 aliphatic carbocycles. The minimum atomic E-state index is -0.414. The molecule has 0 fully saturated rings. The van der Waals surface area contributed by atoms with Gasteiger partial charge in [0.2, 0.25) is 5.91 Å². The number of nitrogens with one attached hydrogen (secondary N) is 1. The average molecular weight is 310 g/mol. The van der Waals surface area contributed by atoms with Crippen LogP contribution in [0.2, 0.25) is 0 Å². The molecule has 1 amide bonds. The summed E-state index contributed by atoms with van der Waals surface area (Å²) < 4.78 is 5.17. The highest BCUT2D eigenvalue weighted by Gasteiger charge is 2.16. The summed E-state index contributed by atoms with van der Waals surface area (Å²) in [5.41, 5.74) is 0.396. The van der Waals surface area contributed by atoms with Crippen LogP contribution in [-0.4, -0.2) is 34.8 Å². The van der Waals surface area contributed by atoms with Crippen molar-refractivity contribution in [3.63, 3.8) is 0 Å². The molecule has 0 bridgehead atoms. The number of nitrogens with zero attached hydrogens (tertiary/aromatic N) is 1. The van der Waals surface area contributed by atoms with E-state index >= 15 is 0 Å². The van der Waals surface area contributed by atoms with Crippen LogP contribution in [0.5, 0.6) is 0 Å². The molecule has 1 aromatic heterocycles. The van der Waals surface area contributed by atoms with E-state index in [0.29, 0.717) is 10.6 Å². The molecule has 0 spiro atoms. The number of pyridine rings is 1. The van der Waals surface area contributed by atoms with Crippen molar-refractivity contribution >= 4 is 23.6 Å². The minimum Gasteiger partial charge on any atom is -0.459 e. The molecule has 0 aliphatic heterocycles. The number of rotatable bonds is 7. The lowest BCUT2D eigenvalue weighted by molar-refractivity contribution is -0.119. The Morgan fingerprint density at radius 3 is 2.71 bits per heavy atom. The van der Waals surface area contributed by atoms with Gasteiger partial charge in [-0.3, -0.25) is 4.79 Å². The summed E-state index contributed by atoms with van der Waals surface area (Å²) in [4.78, 5) is 27.9. The molecule has 0 radical (unpaired) electrons. The number of ether oxygens (including phenoxy) is 1. The van der Waals surface area contributed by atoms with Gasteiger partial charge in [-0.2, -0.15) is 0 Å². The van der Waals surface area contributed by atoms with E-state index in [4.69, 9.17) is 4.74 Å². The van der Waals surface area contributed by atoms with Crippen LogP contribution in [0.25, 0.3) is 0 Å². The van der Waals surface area contributed by atoms with Crippen molar-refractivity contribution in [3.8, 4) is 0 Å². The highest BCUT2D eigenvalue weighted by Crippen LogP contribution is 2.21. The summed E-state index contributed by atoms with van der Waals surface area (Å²) in [5, 5.41) is 3.39. The number of carbonyl (C=O) groups is 2. The first-order valence-corrected chi connectivity index (χ1v) is 8.00. The summed E-state index contributed by atoms with van der Waals surface area (Å²) in [7, 11) is 0. The first-order chi connectivity index (χ1) is 9.93. The minimum absolute atomic E-state index is 0.0665. The van der Waals surface area contributed by atoms with Crippen molar-refractivity contribution in [2.45, 2.75) is 51.3 Å². The normalized spacial score (nSPS) is 12.0. The molecule has 21 heavy (non-hydrogen) atoms. The van der Waals surface area contributed by atoms with Crippen molar-refractivity contribution in [1.82, 2.24) is 10.3 Å². The Bertz CT molecular complexity index is 492. The van der Waals surface area contributed by atoms with E-state index < -0.39 is 5.97 Å². The van der Waals surface area contributed by atoms with Crippen molar-refractivity contribution < 1.29 is 14.3 Å². The van der Waals surface area contributed by atoms with E-state index in [2.05, 4.69) is 10.3 Å². The van der Waals surface area contributed by atoms with Gasteiger partial charge < -0.3 is 10.1 Å². The van der Waals surface area contributed by atoms with Crippen molar-refractivity contribution in [3.05, 3.63) is 23.9 Å². The van der Waals surface area contributed by atoms with Gasteiger partial charge in [0.15, 0.2) is 0 Å². The second-order valence-corrected chi connectivity index (χ2v) is 5.94.